The fourth-order valence-electron chi connectivity index (χ4n) is 2.49. The molecular formula is C15H23N3O2. The number of aliphatic hydroxyl groups is 1. The molecule has 2 atom stereocenters. The predicted octanol–water partition coefficient (Wildman–Crippen LogP) is 1.23. The van der Waals surface area contributed by atoms with Gasteiger partial charge in [0.2, 0.25) is 0 Å². The molecule has 110 valence electrons. The molecule has 2 unspecified atom stereocenters. The maximum Gasteiger partial charge on any atom is 0.251 e. The number of benzene rings is 1. The Balaban J connectivity index is 2.22. The second-order valence-corrected chi connectivity index (χ2v) is 5.41. The van der Waals surface area contributed by atoms with Crippen LogP contribution in [0.1, 0.15) is 30.6 Å². The molecule has 2 rings (SSSR count). The van der Waals surface area contributed by atoms with Crippen molar-refractivity contribution in [3.8, 4) is 0 Å². The summed E-state index contributed by atoms with van der Waals surface area (Å²) in [4.78, 5) is 13.9. The summed E-state index contributed by atoms with van der Waals surface area (Å²) in [7, 11) is 0. The number of hydrogen-bond acceptors (Lipinski definition) is 4. The second kappa shape index (κ2) is 6.13. The Morgan fingerprint density at radius 1 is 1.55 bits per heavy atom. The van der Waals surface area contributed by atoms with E-state index in [1.54, 1.807) is 12.1 Å². The van der Waals surface area contributed by atoms with Crippen molar-refractivity contribution in [1.29, 1.82) is 0 Å². The van der Waals surface area contributed by atoms with Crippen molar-refractivity contribution in [2.45, 2.75) is 26.4 Å². The number of carbonyl (C=O) groups excluding carboxylic acids is 1. The van der Waals surface area contributed by atoms with Crippen LogP contribution in [0, 0.1) is 5.92 Å². The monoisotopic (exact) mass is 277 g/mol. The Bertz CT molecular complexity index is 490. The molecule has 0 bridgehead atoms. The van der Waals surface area contributed by atoms with Crippen LogP contribution < -0.4 is 16.0 Å². The predicted molar refractivity (Wildman–Crippen MR) is 80.9 cm³/mol. The van der Waals surface area contributed by atoms with Crippen molar-refractivity contribution in [3.05, 3.63) is 23.8 Å². The largest absolute Gasteiger partial charge is 0.397 e. The van der Waals surface area contributed by atoms with Gasteiger partial charge in [0.15, 0.2) is 0 Å². The van der Waals surface area contributed by atoms with Gasteiger partial charge < -0.3 is 21.1 Å². The van der Waals surface area contributed by atoms with Gasteiger partial charge in [0.05, 0.1) is 17.5 Å². The summed E-state index contributed by atoms with van der Waals surface area (Å²) >= 11 is 0. The molecule has 1 heterocycles. The molecule has 0 saturated carbocycles. The van der Waals surface area contributed by atoms with Gasteiger partial charge in [-0.2, -0.15) is 0 Å². The zero-order valence-corrected chi connectivity index (χ0v) is 12.1. The van der Waals surface area contributed by atoms with Crippen LogP contribution in [-0.4, -0.2) is 36.8 Å². The number of carbonyl (C=O) groups is 1. The van der Waals surface area contributed by atoms with Crippen molar-refractivity contribution < 1.29 is 9.90 Å². The minimum Gasteiger partial charge on any atom is -0.397 e. The summed E-state index contributed by atoms with van der Waals surface area (Å²) in [5.41, 5.74) is 8.09. The van der Waals surface area contributed by atoms with Crippen molar-refractivity contribution in [3.63, 3.8) is 0 Å². The van der Waals surface area contributed by atoms with Crippen LogP contribution in [0.15, 0.2) is 18.2 Å². The third-order valence-electron chi connectivity index (χ3n) is 3.89. The number of amides is 1. The van der Waals surface area contributed by atoms with E-state index < -0.39 is 0 Å². The van der Waals surface area contributed by atoms with Crippen molar-refractivity contribution in [2.75, 3.05) is 30.3 Å². The molecule has 1 aromatic carbocycles. The van der Waals surface area contributed by atoms with Gasteiger partial charge in [-0.05, 0) is 37.5 Å². The fraction of sp³-hybridized carbons (Fsp3) is 0.533. The first-order valence-electron chi connectivity index (χ1n) is 7.13. The van der Waals surface area contributed by atoms with Crippen LogP contribution in [-0.2, 0) is 0 Å². The van der Waals surface area contributed by atoms with E-state index in [0.717, 1.165) is 18.7 Å². The third-order valence-corrected chi connectivity index (χ3v) is 3.89. The number of nitrogens with zero attached hydrogens (tertiary/aromatic N) is 1. The van der Waals surface area contributed by atoms with E-state index in [9.17, 15) is 9.90 Å². The Morgan fingerprint density at radius 3 is 2.95 bits per heavy atom. The molecule has 20 heavy (non-hydrogen) atoms. The van der Waals surface area contributed by atoms with Gasteiger partial charge >= 0.3 is 0 Å². The van der Waals surface area contributed by atoms with E-state index in [0.29, 0.717) is 30.3 Å². The summed E-state index contributed by atoms with van der Waals surface area (Å²) in [5.74, 6) is 0.207. The standard InChI is InChI=1S/C15H23N3O2/c1-3-17-15(20)11-4-5-12(16)13(8-11)18-7-6-10(2)14(19)9-18/h4-5,8,10,14,19H,3,6-7,9,16H2,1-2H3,(H,17,20). The van der Waals surface area contributed by atoms with Crippen LogP contribution >= 0.6 is 0 Å². The Labute approximate surface area is 119 Å². The zero-order valence-electron chi connectivity index (χ0n) is 12.1. The molecular weight excluding hydrogens is 254 g/mol. The lowest BCUT2D eigenvalue weighted by molar-refractivity contribution is 0.0956. The Morgan fingerprint density at radius 2 is 2.30 bits per heavy atom. The van der Waals surface area contributed by atoms with Crippen LogP contribution in [0.25, 0.3) is 0 Å². The SMILES string of the molecule is CCNC(=O)c1ccc(N)c(N2CCC(C)C(O)C2)c1. The van der Waals surface area contributed by atoms with Crippen LogP contribution in [0.3, 0.4) is 0 Å². The van der Waals surface area contributed by atoms with Crippen molar-refractivity contribution >= 4 is 17.3 Å². The molecule has 1 aliphatic rings. The highest BCUT2D eigenvalue weighted by molar-refractivity contribution is 5.96. The maximum absolute atomic E-state index is 11.9. The van der Waals surface area contributed by atoms with Gasteiger partial charge in [-0.15, -0.1) is 0 Å². The van der Waals surface area contributed by atoms with Crippen LogP contribution in [0.4, 0.5) is 11.4 Å². The quantitative estimate of drug-likeness (QED) is 0.726. The normalized spacial score (nSPS) is 22.6. The van der Waals surface area contributed by atoms with Gasteiger partial charge in [0.1, 0.15) is 0 Å². The number of aliphatic hydroxyl groups excluding tert-OH is 1. The van der Waals surface area contributed by atoms with Crippen molar-refractivity contribution in [1.82, 2.24) is 5.32 Å². The van der Waals surface area contributed by atoms with Crippen molar-refractivity contribution in [2.24, 2.45) is 5.92 Å². The van der Waals surface area contributed by atoms with Gasteiger partial charge in [0.25, 0.3) is 5.91 Å². The highest BCUT2D eigenvalue weighted by Crippen LogP contribution is 2.29. The highest BCUT2D eigenvalue weighted by Gasteiger charge is 2.25. The molecule has 1 aromatic rings. The van der Waals surface area contributed by atoms with E-state index in [1.807, 2.05) is 13.0 Å². The van der Waals surface area contributed by atoms with Gasteiger partial charge in [-0.25, -0.2) is 0 Å². The number of piperidine rings is 1. The molecule has 1 saturated heterocycles. The van der Waals surface area contributed by atoms with E-state index >= 15 is 0 Å². The smallest absolute Gasteiger partial charge is 0.251 e. The van der Waals surface area contributed by atoms with Gasteiger partial charge in [-0.1, -0.05) is 6.92 Å². The van der Waals surface area contributed by atoms with E-state index in [4.69, 9.17) is 5.73 Å². The number of hydrogen-bond donors (Lipinski definition) is 3. The minimum atomic E-state index is -0.351. The second-order valence-electron chi connectivity index (χ2n) is 5.41. The Kier molecular flexibility index (Phi) is 4.49. The molecule has 0 spiro atoms. The summed E-state index contributed by atoms with van der Waals surface area (Å²) in [6.07, 6.45) is 0.572. The van der Waals surface area contributed by atoms with E-state index in [-0.39, 0.29) is 12.0 Å². The first-order valence-corrected chi connectivity index (χ1v) is 7.13. The molecule has 1 fully saturated rings. The van der Waals surface area contributed by atoms with Crippen LogP contribution in [0.2, 0.25) is 0 Å². The molecule has 0 aromatic heterocycles. The average molecular weight is 277 g/mol. The average Bonchev–Trinajstić information content (AvgIpc) is 2.43. The molecule has 5 heteroatoms. The molecule has 0 aliphatic carbocycles. The van der Waals surface area contributed by atoms with Crippen LogP contribution in [0.5, 0.6) is 0 Å². The lowest BCUT2D eigenvalue weighted by atomic mass is 9.95. The summed E-state index contributed by atoms with van der Waals surface area (Å²) < 4.78 is 0. The zero-order chi connectivity index (χ0) is 14.7. The molecule has 1 aliphatic heterocycles. The molecule has 5 nitrogen and oxygen atoms in total. The Hall–Kier alpha value is -1.75. The molecule has 0 radical (unpaired) electrons. The summed E-state index contributed by atoms with van der Waals surface area (Å²) in [5, 5.41) is 12.8. The number of nitrogens with one attached hydrogen (secondary N) is 1. The lowest BCUT2D eigenvalue weighted by Gasteiger charge is -2.36. The number of anilines is 2. The first kappa shape index (κ1) is 14.7. The lowest BCUT2D eigenvalue weighted by Crippen LogP contribution is -2.43. The number of nitrogens with two attached hydrogens (primary N) is 1. The van der Waals surface area contributed by atoms with E-state index in [2.05, 4.69) is 17.1 Å². The number of nitrogen functional groups attached to an aromatic ring is 1. The number of β-amino-alcohol motifs (C(OH)–C–C–N with tert-alkyl or cyclic N) is 1. The fourth-order valence-corrected chi connectivity index (χ4v) is 2.49. The number of rotatable bonds is 3. The van der Waals surface area contributed by atoms with E-state index in [1.165, 1.54) is 0 Å². The first-order chi connectivity index (χ1) is 9.52. The third kappa shape index (κ3) is 3.04. The summed E-state index contributed by atoms with van der Waals surface area (Å²) in [6.45, 7) is 5.94. The maximum atomic E-state index is 11.9. The minimum absolute atomic E-state index is 0.0975. The van der Waals surface area contributed by atoms with Gasteiger partial charge in [0, 0.05) is 25.2 Å². The highest BCUT2D eigenvalue weighted by atomic mass is 16.3. The molecule has 1 amide bonds. The molecule has 4 N–H and O–H groups in total. The topological polar surface area (TPSA) is 78.6 Å². The summed E-state index contributed by atoms with van der Waals surface area (Å²) in [6, 6.07) is 5.29. The van der Waals surface area contributed by atoms with Gasteiger partial charge in [-0.3, -0.25) is 4.79 Å².